The molecule has 5 rings (SSSR count). The van der Waals surface area contributed by atoms with Gasteiger partial charge in [0.15, 0.2) is 11.6 Å². The maximum absolute atomic E-state index is 14.4. The predicted octanol–water partition coefficient (Wildman–Crippen LogP) is 6.94. The van der Waals surface area contributed by atoms with Crippen molar-refractivity contribution in [3.05, 3.63) is 136 Å². The van der Waals surface area contributed by atoms with Gasteiger partial charge in [0.25, 0.3) is 5.91 Å². The second-order valence-electron chi connectivity index (χ2n) is 10.7. The number of nitrogens with one attached hydrogen (secondary N) is 1. The number of benzene rings is 4. The highest BCUT2D eigenvalue weighted by Gasteiger charge is 2.53. The summed E-state index contributed by atoms with van der Waals surface area (Å²) in [5, 5.41) is 12.2. The number of nitrogens with zero attached hydrogens (tertiary/aromatic N) is 1. The van der Waals surface area contributed by atoms with E-state index >= 15 is 0 Å². The van der Waals surface area contributed by atoms with Crippen LogP contribution in [-0.4, -0.2) is 49.3 Å². The van der Waals surface area contributed by atoms with Crippen LogP contribution in [0.2, 0.25) is 0 Å². The number of halogens is 1. The molecule has 2 N–H and O–H groups in total. The average molecular weight is 670 g/mol. The van der Waals surface area contributed by atoms with Gasteiger partial charge in [-0.05, 0) is 60.0 Å². The predicted molar refractivity (Wildman–Crippen MR) is 181 cm³/mol. The van der Waals surface area contributed by atoms with E-state index in [4.69, 9.17) is 24.3 Å². The van der Waals surface area contributed by atoms with E-state index in [1.807, 2.05) is 115 Å². The molecule has 8 heteroatoms. The lowest BCUT2D eigenvalue weighted by Gasteiger charge is -2.30. The molecular weight excluding hydrogens is 632 g/mol. The third kappa shape index (κ3) is 8.01. The molecule has 1 heterocycles. The second kappa shape index (κ2) is 15.5. The monoisotopic (exact) mass is 668 g/mol. The highest BCUT2D eigenvalue weighted by atomic mass is 79.9. The lowest BCUT2D eigenvalue weighted by Crippen LogP contribution is -2.48. The summed E-state index contributed by atoms with van der Waals surface area (Å²) >= 11 is 3.70. The Bertz CT molecular complexity index is 1610. The van der Waals surface area contributed by atoms with Crippen LogP contribution in [0, 0.1) is 0 Å². The van der Waals surface area contributed by atoms with Crippen LogP contribution in [0.15, 0.2) is 119 Å². The molecule has 4 aromatic rings. The Morgan fingerprint density at radius 3 is 2.40 bits per heavy atom. The highest BCUT2D eigenvalue weighted by molar-refractivity contribution is 9.10. The Labute approximate surface area is 272 Å². The van der Waals surface area contributed by atoms with Gasteiger partial charge in [-0.1, -0.05) is 88.7 Å². The van der Waals surface area contributed by atoms with Gasteiger partial charge in [0.05, 0.1) is 13.7 Å². The first-order valence-electron chi connectivity index (χ1n) is 15.0. The Morgan fingerprint density at radius 2 is 1.69 bits per heavy atom. The molecule has 1 aliphatic heterocycles. The summed E-state index contributed by atoms with van der Waals surface area (Å²) in [5.74, 6) is 1.64. The van der Waals surface area contributed by atoms with Gasteiger partial charge in [-0.3, -0.25) is 4.79 Å². The number of methoxy groups -OCH3 is 1. The van der Waals surface area contributed by atoms with Crippen molar-refractivity contribution in [1.82, 2.24) is 5.32 Å². The average Bonchev–Trinajstić information content (AvgIpc) is 3.46. The fourth-order valence-corrected chi connectivity index (χ4v) is 5.68. The molecule has 0 radical (unpaired) electrons. The molecule has 45 heavy (non-hydrogen) atoms. The number of hydrogen-bond acceptors (Lipinski definition) is 6. The van der Waals surface area contributed by atoms with Crippen LogP contribution >= 0.6 is 15.9 Å². The van der Waals surface area contributed by atoms with Crippen molar-refractivity contribution in [2.75, 3.05) is 26.9 Å². The molecule has 0 aliphatic carbocycles. The summed E-state index contributed by atoms with van der Waals surface area (Å²) in [5.41, 5.74) is 2.41. The Kier molecular flexibility index (Phi) is 11.1. The lowest BCUT2D eigenvalue weighted by molar-refractivity contribution is -0.128. The van der Waals surface area contributed by atoms with E-state index in [-0.39, 0.29) is 12.5 Å². The minimum absolute atomic E-state index is 0.0716. The Hall–Kier alpha value is -4.40. The van der Waals surface area contributed by atoms with E-state index in [2.05, 4.69) is 21.2 Å². The minimum Gasteiger partial charge on any atom is -0.497 e. The second-order valence-corrected chi connectivity index (χ2v) is 11.5. The molecule has 0 bridgehead atoms. The minimum atomic E-state index is -1.28. The first-order valence-corrected chi connectivity index (χ1v) is 15.8. The van der Waals surface area contributed by atoms with E-state index in [1.165, 1.54) is 0 Å². The standard InChI is InChI=1S/C37H37BrN2O5/c1-43-30-18-14-28(15-19-30)22-24-39-36(42)37(23-7-11-27-9-3-2-4-10-27)34(32-12-5-6-13-33(32)38)45-35(40-37)29-16-20-31(21-17-29)44-26-8-25-41/h2-7,9-21,34,41H,8,22-26H2,1H3,(H,39,42)/b11-7+/t34-,37-/m1/s1. The fraction of sp³-hybridized carbons (Fsp3) is 0.243. The van der Waals surface area contributed by atoms with Crippen molar-refractivity contribution < 1.29 is 24.1 Å². The molecule has 2 atom stereocenters. The van der Waals surface area contributed by atoms with Crippen LogP contribution < -0.4 is 14.8 Å². The number of carbonyl (C=O) groups is 1. The zero-order chi connectivity index (χ0) is 31.5. The van der Waals surface area contributed by atoms with Crippen molar-refractivity contribution >= 4 is 33.8 Å². The maximum atomic E-state index is 14.4. The number of ether oxygens (including phenoxy) is 3. The van der Waals surface area contributed by atoms with E-state index in [1.54, 1.807) is 7.11 Å². The zero-order valence-electron chi connectivity index (χ0n) is 25.2. The van der Waals surface area contributed by atoms with Gasteiger partial charge in [-0.25, -0.2) is 4.99 Å². The van der Waals surface area contributed by atoms with Crippen LogP contribution in [0.4, 0.5) is 0 Å². The maximum Gasteiger partial charge on any atom is 0.252 e. The van der Waals surface area contributed by atoms with Gasteiger partial charge < -0.3 is 24.6 Å². The topological polar surface area (TPSA) is 89.4 Å². The van der Waals surface area contributed by atoms with Gasteiger partial charge in [-0.2, -0.15) is 0 Å². The van der Waals surface area contributed by atoms with Crippen molar-refractivity contribution in [2.24, 2.45) is 4.99 Å². The normalized spacial score (nSPS) is 17.5. The van der Waals surface area contributed by atoms with E-state index in [0.29, 0.717) is 44.1 Å². The first kappa shape index (κ1) is 32.0. The molecule has 0 spiro atoms. The number of aliphatic imine (C=N–C) groups is 1. The van der Waals surface area contributed by atoms with Crippen molar-refractivity contribution in [1.29, 1.82) is 0 Å². The number of aliphatic hydroxyl groups is 1. The first-order chi connectivity index (χ1) is 22.0. The van der Waals surface area contributed by atoms with Crippen molar-refractivity contribution in [3.8, 4) is 11.5 Å². The van der Waals surface area contributed by atoms with Gasteiger partial charge in [-0.15, -0.1) is 0 Å². The summed E-state index contributed by atoms with van der Waals surface area (Å²) in [6, 6.07) is 33.0. The summed E-state index contributed by atoms with van der Waals surface area (Å²) < 4.78 is 18.4. The van der Waals surface area contributed by atoms with E-state index in [9.17, 15) is 4.79 Å². The fourth-order valence-electron chi connectivity index (χ4n) is 5.18. The number of aliphatic hydroxyl groups excluding tert-OH is 1. The smallest absolute Gasteiger partial charge is 0.252 e. The van der Waals surface area contributed by atoms with Gasteiger partial charge in [0.1, 0.15) is 11.5 Å². The molecule has 1 amide bonds. The third-order valence-electron chi connectivity index (χ3n) is 7.61. The molecule has 4 aromatic carbocycles. The molecule has 0 saturated heterocycles. The van der Waals surface area contributed by atoms with Gasteiger partial charge in [0, 0.05) is 41.6 Å². The van der Waals surface area contributed by atoms with Crippen LogP contribution in [-0.2, 0) is 16.0 Å². The van der Waals surface area contributed by atoms with E-state index < -0.39 is 11.6 Å². The summed E-state index contributed by atoms with van der Waals surface area (Å²) in [6.07, 6.45) is 4.84. The zero-order valence-corrected chi connectivity index (χ0v) is 26.8. The van der Waals surface area contributed by atoms with Crippen LogP contribution in [0.1, 0.15) is 41.2 Å². The quantitative estimate of drug-likeness (QED) is 0.142. The summed E-state index contributed by atoms with van der Waals surface area (Å²) in [6.45, 7) is 0.926. The van der Waals surface area contributed by atoms with Gasteiger partial charge >= 0.3 is 0 Å². The molecule has 232 valence electrons. The largest absolute Gasteiger partial charge is 0.497 e. The third-order valence-corrected chi connectivity index (χ3v) is 8.34. The molecular formula is C37H37BrN2O5. The number of amides is 1. The Balaban J connectivity index is 1.48. The summed E-state index contributed by atoms with van der Waals surface area (Å²) in [7, 11) is 1.64. The Morgan fingerprint density at radius 1 is 0.978 bits per heavy atom. The molecule has 0 fully saturated rings. The number of hydrogen-bond donors (Lipinski definition) is 2. The van der Waals surface area contributed by atoms with Crippen molar-refractivity contribution in [3.63, 3.8) is 0 Å². The summed E-state index contributed by atoms with van der Waals surface area (Å²) in [4.78, 5) is 19.5. The van der Waals surface area contributed by atoms with Crippen LogP contribution in [0.3, 0.4) is 0 Å². The number of carbonyl (C=O) groups excluding carboxylic acids is 1. The molecule has 0 aromatic heterocycles. The van der Waals surface area contributed by atoms with Crippen LogP contribution in [0.5, 0.6) is 11.5 Å². The SMILES string of the molecule is COc1ccc(CCNC(=O)[C@]2(C/C=C/c3ccccc3)N=C(c3ccc(OCCCO)cc3)O[C@@H]2c2ccccc2Br)cc1. The number of rotatable bonds is 14. The molecule has 1 aliphatic rings. The van der Waals surface area contributed by atoms with Crippen LogP contribution in [0.25, 0.3) is 6.08 Å². The highest BCUT2D eigenvalue weighted by Crippen LogP contribution is 2.45. The molecule has 0 saturated carbocycles. The van der Waals surface area contributed by atoms with E-state index in [0.717, 1.165) is 32.5 Å². The van der Waals surface area contributed by atoms with Crippen molar-refractivity contribution in [2.45, 2.75) is 30.9 Å². The van der Waals surface area contributed by atoms with Gasteiger partial charge in [0.2, 0.25) is 5.90 Å². The lowest BCUT2D eigenvalue weighted by atomic mass is 9.84. The molecule has 7 nitrogen and oxygen atoms in total. The molecule has 0 unspecified atom stereocenters.